The highest BCUT2D eigenvalue weighted by Crippen LogP contribution is 2.07. The first kappa shape index (κ1) is 13.5. The van der Waals surface area contributed by atoms with Gasteiger partial charge >= 0.3 is 0 Å². The first-order valence-electron chi connectivity index (χ1n) is 6.88. The SMILES string of the molecule is C1=CCCCCCOC/C=C/CCCCC1. The van der Waals surface area contributed by atoms with Crippen molar-refractivity contribution in [2.24, 2.45) is 0 Å². The molecule has 0 N–H and O–H groups in total. The Morgan fingerprint density at radius 2 is 1.12 bits per heavy atom. The van der Waals surface area contributed by atoms with Gasteiger partial charge in [0.15, 0.2) is 0 Å². The first-order chi connectivity index (χ1) is 8.00. The van der Waals surface area contributed by atoms with Crippen LogP contribution in [0.25, 0.3) is 0 Å². The van der Waals surface area contributed by atoms with Gasteiger partial charge in [-0.15, -0.1) is 0 Å². The first-order valence-corrected chi connectivity index (χ1v) is 6.88. The third-order valence-electron chi connectivity index (χ3n) is 2.95. The molecule has 1 nitrogen and oxygen atoms in total. The maximum Gasteiger partial charge on any atom is 0.0647 e. The van der Waals surface area contributed by atoms with Crippen molar-refractivity contribution >= 4 is 0 Å². The zero-order valence-corrected chi connectivity index (χ0v) is 10.5. The van der Waals surface area contributed by atoms with Crippen LogP contribution in [0.15, 0.2) is 24.3 Å². The second-order valence-electron chi connectivity index (χ2n) is 4.51. The maximum atomic E-state index is 5.53. The van der Waals surface area contributed by atoms with Gasteiger partial charge in [0.05, 0.1) is 6.61 Å². The Morgan fingerprint density at radius 3 is 1.81 bits per heavy atom. The minimum Gasteiger partial charge on any atom is -0.377 e. The van der Waals surface area contributed by atoms with Crippen molar-refractivity contribution in [1.82, 2.24) is 0 Å². The molecule has 92 valence electrons. The van der Waals surface area contributed by atoms with Crippen LogP contribution >= 0.6 is 0 Å². The van der Waals surface area contributed by atoms with Crippen LogP contribution in [0.4, 0.5) is 0 Å². The maximum absolute atomic E-state index is 5.53. The molecule has 0 aromatic heterocycles. The molecule has 0 atom stereocenters. The summed E-state index contributed by atoms with van der Waals surface area (Å²) in [4.78, 5) is 0. The minimum absolute atomic E-state index is 0.805. The summed E-state index contributed by atoms with van der Waals surface area (Å²) >= 11 is 0. The molecular formula is C15H26O. The molecule has 0 saturated carbocycles. The van der Waals surface area contributed by atoms with Crippen LogP contribution < -0.4 is 0 Å². The zero-order valence-electron chi connectivity index (χ0n) is 10.5. The van der Waals surface area contributed by atoms with E-state index in [0.717, 1.165) is 13.2 Å². The van der Waals surface area contributed by atoms with E-state index in [1.807, 2.05) is 0 Å². The Kier molecular flexibility index (Phi) is 9.24. The Labute approximate surface area is 101 Å². The molecule has 1 heteroatoms. The largest absolute Gasteiger partial charge is 0.377 e. The summed E-state index contributed by atoms with van der Waals surface area (Å²) < 4.78 is 5.53. The summed E-state index contributed by atoms with van der Waals surface area (Å²) in [6, 6.07) is 0. The lowest BCUT2D eigenvalue weighted by molar-refractivity contribution is 0.157. The highest BCUT2D eigenvalue weighted by molar-refractivity contribution is 4.83. The Morgan fingerprint density at radius 1 is 0.562 bits per heavy atom. The average Bonchev–Trinajstić information content (AvgIpc) is 2.29. The van der Waals surface area contributed by atoms with Crippen LogP contribution in [0.1, 0.15) is 57.8 Å². The summed E-state index contributed by atoms with van der Waals surface area (Å²) in [5.41, 5.74) is 0. The molecule has 1 aliphatic heterocycles. The minimum atomic E-state index is 0.805. The molecule has 1 rings (SSSR count). The molecule has 0 fully saturated rings. The predicted octanol–water partition coefficient (Wildman–Crippen LogP) is 4.64. The van der Waals surface area contributed by atoms with Gasteiger partial charge in [-0.3, -0.25) is 0 Å². The standard InChI is InChI=1S/C15H26O/c1-2-4-6-8-10-12-14-16-15-13-11-9-7-5-3-1/h2,4,11,13H,1,3,5-10,12,14-15H2/b4-2?,13-11+. The molecule has 0 amide bonds. The van der Waals surface area contributed by atoms with E-state index in [0.29, 0.717) is 0 Å². The second-order valence-corrected chi connectivity index (χ2v) is 4.51. The lowest BCUT2D eigenvalue weighted by atomic mass is 10.1. The normalized spacial score (nSPS) is 24.0. The van der Waals surface area contributed by atoms with Crippen LogP contribution in [-0.2, 0) is 4.74 Å². The summed E-state index contributed by atoms with van der Waals surface area (Å²) in [6.45, 7) is 1.73. The highest BCUT2D eigenvalue weighted by Gasteiger charge is 1.90. The number of hydrogen-bond acceptors (Lipinski definition) is 1. The van der Waals surface area contributed by atoms with E-state index in [4.69, 9.17) is 4.74 Å². The lowest BCUT2D eigenvalue weighted by Gasteiger charge is -2.01. The number of ether oxygens (including phenoxy) is 1. The van der Waals surface area contributed by atoms with E-state index in [1.54, 1.807) is 0 Å². The molecule has 0 spiro atoms. The smallest absolute Gasteiger partial charge is 0.0647 e. The van der Waals surface area contributed by atoms with Crippen molar-refractivity contribution in [2.45, 2.75) is 57.8 Å². The highest BCUT2D eigenvalue weighted by atomic mass is 16.5. The van der Waals surface area contributed by atoms with Crippen LogP contribution in [0.3, 0.4) is 0 Å². The number of rotatable bonds is 0. The van der Waals surface area contributed by atoms with E-state index in [2.05, 4.69) is 24.3 Å². The van der Waals surface area contributed by atoms with E-state index in [1.165, 1.54) is 57.8 Å². The predicted molar refractivity (Wildman–Crippen MR) is 70.7 cm³/mol. The fourth-order valence-corrected chi connectivity index (χ4v) is 1.92. The fourth-order valence-electron chi connectivity index (χ4n) is 1.92. The van der Waals surface area contributed by atoms with Gasteiger partial charge < -0.3 is 4.74 Å². The van der Waals surface area contributed by atoms with Gasteiger partial charge in [-0.05, 0) is 44.9 Å². The van der Waals surface area contributed by atoms with E-state index < -0.39 is 0 Å². The fraction of sp³-hybridized carbons (Fsp3) is 0.733. The van der Waals surface area contributed by atoms with Gasteiger partial charge in [-0.1, -0.05) is 37.1 Å². The summed E-state index contributed by atoms with van der Waals surface area (Å²) in [6.07, 6.45) is 20.7. The summed E-state index contributed by atoms with van der Waals surface area (Å²) in [5, 5.41) is 0. The van der Waals surface area contributed by atoms with E-state index in [-0.39, 0.29) is 0 Å². The number of allylic oxidation sites excluding steroid dienone is 3. The zero-order chi connectivity index (χ0) is 11.3. The van der Waals surface area contributed by atoms with Gasteiger partial charge in [0, 0.05) is 6.61 Å². The van der Waals surface area contributed by atoms with Crippen molar-refractivity contribution in [1.29, 1.82) is 0 Å². The van der Waals surface area contributed by atoms with Crippen LogP contribution in [0.2, 0.25) is 0 Å². The van der Waals surface area contributed by atoms with Gasteiger partial charge in [0.1, 0.15) is 0 Å². The monoisotopic (exact) mass is 222 g/mol. The molecule has 0 radical (unpaired) electrons. The van der Waals surface area contributed by atoms with Gasteiger partial charge in [0.2, 0.25) is 0 Å². The van der Waals surface area contributed by atoms with E-state index in [9.17, 15) is 0 Å². The molecule has 0 aromatic rings. The average molecular weight is 222 g/mol. The molecule has 16 heavy (non-hydrogen) atoms. The van der Waals surface area contributed by atoms with Crippen LogP contribution in [0, 0.1) is 0 Å². The van der Waals surface area contributed by atoms with Crippen LogP contribution in [-0.4, -0.2) is 13.2 Å². The second kappa shape index (κ2) is 10.9. The van der Waals surface area contributed by atoms with Crippen molar-refractivity contribution in [3.63, 3.8) is 0 Å². The third kappa shape index (κ3) is 8.72. The summed E-state index contributed by atoms with van der Waals surface area (Å²) in [5.74, 6) is 0. The van der Waals surface area contributed by atoms with Gasteiger partial charge in [-0.2, -0.15) is 0 Å². The molecule has 1 aliphatic rings. The quantitative estimate of drug-likeness (QED) is 0.542. The van der Waals surface area contributed by atoms with Gasteiger partial charge in [0.25, 0.3) is 0 Å². The van der Waals surface area contributed by atoms with Crippen molar-refractivity contribution < 1.29 is 4.74 Å². The molecule has 0 aromatic carbocycles. The number of hydrogen-bond donors (Lipinski definition) is 0. The molecular weight excluding hydrogens is 196 g/mol. The van der Waals surface area contributed by atoms with Crippen molar-refractivity contribution in [2.75, 3.05) is 13.2 Å². The van der Waals surface area contributed by atoms with Crippen molar-refractivity contribution in [3.05, 3.63) is 24.3 Å². The van der Waals surface area contributed by atoms with Crippen molar-refractivity contribution in [3.8, 4) is 0 Å². The van der Waals surface area contributed by atoms with E-state index >= 15 is 0 Å². The summed E-state index contributed by atoms with van der Waals surface area (Å²) in [7, 11) is 0. The molecule has 0 saturated heterocycles. The third-order valence-corrected chi connectivity index (χ3v) is 2.95. The Bertz CT molecular complexity index is 174. The molecule has 0 aliphatic carbocycles. The molecule has 1 heterocycles. The molecule has 0 bridgehead atoms. The molecule has 0 unspecified atom stereocenters. The Hall–Kier alpha value is -0.560. The topological polar surface area (TPSA) is 9.23 Å². The van der Waals surface area contributed by atoms with Gasteiger partial charge in [-0.25, -0.2) is 0 Å². The van der Waals surface area contributed by atoms with Crippen LogP contribution in [0.5, 0.6) is 0 Å². The lowest BCUT2D eigenvalue weighted by Crippen LogP contribution is -1.94. The Balaban J connectivity index is 2.14.